The molecule has 0 aromatic heterocycles. The van der Waals surface area contributed by atoms with Crippen LogP contribution in [0, 0.1) is 29.1 Å². The van der Waals surface area contributed by atoms with Crippen molar-refractivity contribution in [3.63, 3.8) is 0 Å². The first-order valence-electron chi connectivity index (χ1n) is 11.7. The fraction of sp³-hybridized carbons (Fsp3) is 1.00. The zero-order valence-corrected chi connectivity index (χ0v) is 17.7. The highest BCUT2D eigenvalue weighted by Crippen LogP contribution is 2.50. The van der Waals surface area contributed by atoms with Crippen molar-refractivity contribution < 1.29 is 10.2 Å². The standard InChI is InChI=1S/C23H44N2O2/c1-23(2,18-8-10-21(26)16(12-18)14-24)19-9-11-22(27)17(13-19)15-25-20-6-4-3-5-7-20/h16-22,25-27H,3-15,24H2,1-2H3. The zero-order chi connectivity index (χ0) is 19.4. The summed E-state index contributed by atoms with van der Waals surface area (Å²) in [7, 11) is 0. The van der Waals surface area contributed by atoms with Crippen LogP contribution in [-0.2, 0) is 0 Å². The molecule has 0 aliphatic heterocycles. The Hall–Kier alpha value is -0.160. The minimum atomic E-state index is -0.206. The summed E-state index contributed by atoms with van der Waals surface area (Å²) in [4.78, 5) is 0. The first-order chi connectivity index (χ1) is 12.9. The molecule has 4 nitrogen and oxygen atoms in total. The number of aliphatic hydroxyl groups is 2. The van der Waals surface area contributed by atoms with Crippen molar-refractivity contribution in [2.24, 2.45) is 34.8 Å². The van der Waals surface area contributed by atoms with Crippen molar-refractivity contribution >= 4 is 0 Å². The molecule has 0 amide bonds. The molecule has 0 aromatic rings. The molecule has 3 fully saturated rings. The molecule has 3 aliphatic carbocycles. The maximum absolute atomic E-state index is 10.6. The van der Waals surface area contributed by atoms with Gasteiger partial charge in [0.25, 0.3) is 0 Å². The highest BCUT2D eigenvalue weighted by molar-refractivity contribution is 4.95. The van der Waals surface area contributed by atoms with E-state index in [9.17, 15) is 10.2 Å². The number of rotatable bonds is 6. The normalized spacial score (nSPS) is 39.4. The van der Waals surface area contributed by atoms with Crippen LogP contribution in [0.15, 0.2) is 0 Å². The van der Waals surface area contributed by atoms with Crippen molar-refractivity contribution in [2.45, 2.75) is 103 Å². The fourth-order valence-corrected chi connectivity index (χ4v) is 6.28. The molecule has 0 saturated heterocycles. The van der Waals surface area contributed by atoms with E-state index in [1.54, 1.807) is 0 Å². The summed E-state index contributed by atoms with van der Waals surface area (Å²) in [6.45, 7) is 6.46. The van der Waals surface area contributed by atoms with Gasteiger partial charge in [-0.3, -0.25) is 0 Å². The monoisotopic (exact) mass is 380 g/mol. The average Bonchev–Trinajstić information content (AvgIpc) is 2.68. The molecule has 3 rings (SSSR count). The Bertz CT molecular complexity index is 450. The molecule has 0 radical (unpaired) electrons. The van der Waals surface area contributed by atoms with Crippen molar-refractivity contribution in [2.75, 3.05) is 13.1 Å². The number of nitrogens with two attached hydrogens (primary N) is 1. The van der Waals surface area contributed by atoms with Gasteiger partial charge in [0.15, 0.2) is 0 Å². The minimum Gasteiger partial charge on any atom is -0.393 e. The molecular weight excluding hydrogens is 336 g/mol. The Kier molecular flexibility index (Phi) is 7.63. The van der Waals surface area contributed by atoms with Gasteiger partial charge >= 0.3 is 0 Å². The Morgan fingerprint density at radius 2 is 1.37 bits per heavy atom. The number of nitrogens with one attached hydrogen (secondary N) is 1. The molecule has 0 spiro atoms. The van der Waals surface area contributed by atoms with Crippen molar-refractivity contribution in [3.05, 3.63) is 0 Å². The maximum atomic E-state index is 10.6. The Labute approximate surface area is 166 Å². The van der Waals surface area contributed by atoms with E-state index in [1.807, 2.05) is 0 Å². The largest absolute Gasteiger partial charge is 0.393 e. The van der Waals surface area contributed by atoms with Crippen LogP contribution in [0.3, 0.4) is 0 Å². The van der Waals surface area contributed by atoms with E-state index in [2.05, 4.69) is 19.2 Å². The van der Waals surface area contributed by atoms with Gasteiger partial charge in [-0.2, -0.15) is 0 Å². The number of hydrogen-bond acceptors (Lipinski definition) is 4. The third-order valence-corrected chi connectivity index (χ3v) is 8.57. The average molecular weight is 381 g/mol. The van der Waals surface area contributed by atoms with Crippen LogP contribution in [-0.4, -0.2) is 41.6 Å². The Morgan fingerprint density at radius 3 is 1.96 bits per heavy atom. The molecule has 5 N–H and O–H groups in total. The fourth-order valence-electron chi connectivity index (χ4n) is 6.28. The first kappa shape index (κ1) is 21.5. The van der Waals surface area contributed by atoms with Gasteiger partial charge in [-0.05, 0) is 87.0 Å². The molecule has 4 heteroatoms. The smallest absolute Gasteiger partial charge is 0.0580 e. The van der Waals surface area contributed by atoms with E-state index in [0.29, 0.717) is 30.3 Å². The van der Waals surface area contributed by atoms with Gasteiger partial charge in [0, 0.05) is 12.6 Å². The Balaban J connectivity index is 1.56. The molecule has 6 unspecified atom stereocenters. The van der Waals surface area contributed by atoms with Crippen LogP contribution >= 0.6 is 0 Å². The molecule has 0 aromatic carbocycles. The molecule has 0 bridgehead atoms. The van der Waals surface area contributed by atoms with E-state index in [1.165, 1.54) is 32.1 Å². The van der Waals surface area contributed by atoms with Gasteiger partial charge in [0.05, 0.1) is 12.2 Å². The second-order valence-corrected chi connectivity index (χ2v) is 10.5. The van der Waals surface area contributed by atoms with Gasteiger partial charge in [-0.15, -0.1) is 0 Å². The molecule has 27 heavy (non-hydrogen) atoms. The summed E-state index contributed by atoms with van der Waals surface area (Å²) in [5.74, 6) is 1.96. The minimum absolute atomic E-state index is 0.141. The van der Waals surface area contributed by atoms with E-state index < -0.39 is 0 Å². The van der Waals surface area contributed by atoms with E-state index in [-0.39, 0.29) is 23.5 Å². The van der Waals surface area contributed by atoms with Gasteiger partial charge in [0.1, 0.15) is 0 Å². The lowest BCUT2D eigenvalue weighted by Gasteiger charge is -2.49. The topological polar surface area (TPSA) is 78.5 Å². The van der Waals surface area contributed by atoms with Crippen molar-refractivity contribution in [3.8, 4) is 0 Å². The summed E-state index contributed by atoms with van der Waals surface area (Å²) < 4.78 is 0. The third kappa shape index (κ3) is 5.26. The molecule has 0 heterocycles. The number of hydrogen-bond donors (Lipinski definition) is 4. The maximum Gasteiger partial charge on any atom is 0.0580 e. The molecular formula is C23H44N2O2. The van der Waals surface area contributed by atoms with Gasteiger partial charge in [0.2, 0.25) is 0 Å². The predicted octanol–water partition coefficient (Wildman–Crippen LogP) is 3.45. The van der Waals surface area contributed by atoms with Gasteiger partial charge in [-0.1, -0.05) is 33.1 Å². The second kappa shape index (κ2) is 9.56. The quantitative estimate of drug-likeness (QED) is 0.569. The van der Waals surface area contributed by atoms with Crippen LogP contribution in [0.2, 0.25) is 0 Å². The number of aliphatic hydroxyl groups excluding tert-OH is 2. The van der Waals surface area contributed by atoms with E-state index >= 15 is 0 Å². The van der Waals surface area contributed by atoms with Crippen LogP contribution in [0.4, 0.5) is 0 Å². The zero-order valence-electron chi connectivity index (χ0n) is 17.7. The lowest BCUT2D eigenvalue weighted by atomic mass is 9.58. The second-order valence-electron chi connectivity index (χ2n) is 10.5. The van der Waals surface area contributed by atoms with Crippen molar-refractivity contribution in [1.29, 1.82) is 0 Å². The van der Waals surface area contributed by atoms with Crippen LogP contribution in [0.25, 0.3) is 0 Å². The predicted molar refractivity (Wildman–Crippen MR) is 111 cm³/mol. The Morgan fingerprint density at radius 1 is 0.815 bits per heavy atom. The summed E-state index contributed by atoms with van der Waals surface area (Å²) in [5, 5.41) is 24.6. The molecule has 158 valence electrons. The summed E-state index contributed by atoms with van der Waals surface area (Å²) >= 11 is 0. The molecule has 3 aliphatic rings. The third-order valence-electron chi connectivity index (χ3n) is 8.57. The first-order valence-corrected chi connectivity index (χ1v) is 11.7. The van der Waals surface area contributed by atoms with Gasteiger partial charge < -0.3 is 21.3 Å². The van der Waals surface area contributed by atoms with Gasteiger partial charge in [-0.25, -0.2) is 0 Å². The highest BCUT2D eigenvalue weighted by atomic mass is 16.3. The van der Waals surface area contributed by atoms with Crippen LogP contribution < -0.4 is 11.1 Å². The molecule has 3 saturated carbocycles. The lowest BCUT2D eigenvalue weighted by Crippen LogP contribution is -2.46. The summed E-state index contributed by atoms with van der Waals surface area (Å²) in [6, 6.07) is 0.671. The SMILES string of the molecule is CC(C)(C1CCC(O)C(CN)C1)C1CCC(O)C(CNC2CCCCC2)C1. The lowest BCUT2D eigenvalue weighted by molar-refractivity contribution is -0.0381. The highest BCUT2D eigenvalue weighted by Gasteiger charge is 2.44. The summed E-state index contributed by atoms with van der Waals surface area (Å²) in [6.07, 6.45) is 12.7. The van der Waals surface area contributed by atoms with Crippen LogP contribution in [0.5, 0.6) is 0 Å². The van der Waals surface area contributed by atoms with E-state index in [4.69, 9.17) is 5.73 Å². The van der Waals surface area contributed by atoms with Crippen molar-refractivity contribution in [1.82, 2.24) is 5.32 Å². The van der Waals surface area contributed by atoms with E-state index in [0.717, 1.165) is 45.1 Å². The summed E-state index contributed by atoms with van der Waals surface area (Å²) in [5.41, 5.74) is 6.19. The molecule has 6 atom stereocenters. The van der Waals surface area contributed by atoms with Crippen LogP contribution in [0.1, 0.15) is 84.5 Å².